The van der Waals surface area contributed by atoms with Crippen molar-refractivity contribution in [3.8, 4) is 27.3 Å². The molecular weight excluding hydrogens is 1110 g/mol. The van der Waals surface area contributed by atoms with Crippen LogP contribution in [0.15, 0.2) is 95.1 Å². The first kappa shape index (κ1) is 58.9. The molecule has 20 heteroatoms. The lowest BCUT2D eigenvalue weighted by Gasteiger charge is -2.31. The highest BCUT2D eigenvalue weighted by Crippen LogP contribution is 2.37. The number of pyridine rings is 1. The third-order valence-corrected chi connectivity index (χ3v) is 18.8. The number of ether oxygens (including phenoxy) is 1. The molecule has 0 radical (unpaired) electrons. The molecule has 0 spiro atoms. The molecule has 85 heavy (non-hydrogen) atoms. The first-order chi connectivity index (χ1) is 41.3. The van der Waals surface area contributed by atoms with E-state index in [2.05, 4.69) is 53.6 Å². The maximum atomic E-state index is 14.5. The lowest BCUT2D eigenvalue weighted by atomic mass is 9.89. The minimum atomic E-state index is -0.860. The summed E-state index contributed by atoms with van der Waals surface area (Å²) in [6, 6.07) is 24.5. The number of anilines is 2. The summed E-state index contributed by atoms with van der Waals surface area (Å²) >= 11 is 3.00. The number of rotatable bonds is 22. The number of carbonyl (C=O) groups is 4. The van der Waals surface area contributed by atoms with Gasteiger partial charge in [0.2, 0.25) is 11.8 Å². The summed E-state index contributed by atoms with van der Waals surface area (Å²) in [5.41, 5.74) is 11.6. The second-order valence-corrected chi connectivity index (χ2v) is 25.2. The van der Waals surface area contributed by atoms with Crippen LogP contribution in [0.25, 0.3) is 31.8 Å². The van der Waals surface area contributed by atoms with E-state index in [1.54, 1.807) is 24.3 Å². The van der Waals surface area contributed by atoms with Gasteiger partial charge in [0.1, 0.15) is 35.0 Å². The monoisotopic (exact) mass is 1190 g/mol. The quantitative estimate of drug-likeness (QED) is 0.0464. The molecular formula is C65H75N11O7S2. The highest BCUT2D eigenvalue weighted by molar-refractivity contribution is 7.22. The minimum Gasteiger partial charge on any atom is -0.493 e. The number of likely N-dealkylation sites (tertiary alicyclic amines) is 1. The van der Waals surface area contributed by atoms with Gasteiger partial charge in [-0.3, -0.25) is 29.2 Å². The van der Waals surface area contributed by atoms with E-state index in [0.29, 0.717) is 78.0 Å². The number of amides is 4. The predicted molar refractivity (Wildman–Crippen MR) is 331 cm³/mol. The number of carbonyl (C=O) groups excluding carboxylic acids is 4. The van der Waals surface area contributed by atoms with Crippen LogP contribution >= 0.6 is 22.7 Å². The fraction of sp³-hybridized carbons (Fsp3) is 0.431. The lowest BCUT2D eigenvalue weighted by Crippen LogP contribution is -2.48. The summed E-state index contributed by atoms with van der Waals surface area (Å²) < 4.78 is 15.1. The summed E-state index contributed by atoms with van der Waals surface area (Å²) in [4.78, 5) is 75.4. The number of unbranched alkanes of at least 4 members (excludes halogenated alkanes) is 3. The third-order valence-electron chi connectivity index (χ3n) is 16.9. The fourth-order valence-corrected chi connectivity index (χ4v) is 13.9. The Bertz CT molecular complexity index is 3660. The highest BCUT2D eigenvalue weighted by Gasteiger charge is 2.43. The summed E-state index contributed by atoms with van der Waals surface area (Å²) in [5, 5.41) is 29.5. The van der Waals surface area contributed by atoms with E-state index in [0.717, 1.165) is 92.1 Å². The Hall–Kier alpha value is -7.81. The molecule has 0 bridgehead atoms. The Kier molecular flexibility index (Phi) is 18.5. The van der Waals surface area contributed by atoms with Crippen molar-refractivity contribution >= 4 is 67.5 Å². The number of aliphatic hydroxyl groups is 1. The van der Waals surface area contributed by atoms with Gasteiger partial charge < -0.3 is 34.8 Å². The Morgan fingerprint density at radius 3 is 2.51 bits per heavy atom. The van der Waals surface area contributed by atoms with E-state index >= 15 is 0 Å². The third kappa shape index (κ3) is 13.5. The highest BCUT2D eigenvalue weighted by atomic mass is 32.1. The maximum absolute atomic E-state index is 14.5. The van der Waals surface area contributed by atoms with Crippen LogP contribution in [-0.4, -0.2) is 102 Å². The first-order valence-corrected chi connectivity index (χ1v) is 31.7. The fourth-order valence-electron chi connectivity index (χ4n) is 12.3. The molecule has 444 valence electrons. The van der Waals surface area contributed by atoms with Crippen molar-refractivity contribution in [3.05, 3.63) is 141 Å². The topological polar surface area (TPSA) is 223 Å². The second-order valence-electron chi connectivity index (χ2n) is 23.3. The van der Waals surface area contributed by atoms with Crippen molar-refractivity contribution < 1.29 is 33.5 Å². The van der Waals surface area contributed by atoms with Gasteiger partial charge in [0.15, 0.2) is 5.13 Å². The number of para-hydroxylation sites is 1. The normalized spacial score (nSPS) is 16.6. The SMILES string of the molecule is Cc1cc([C@H](C(=O)N2C[C@H](O)C[C@H]2C(=O)NCc2ccc(-c3scnc3C)cc2OCCCCCCNC(=O)c2nc(N3CCc4cccc(C(=O)Nc5nc6ccccc6s5)c4C3)ccc2-c2cnn(CC3CCCCC3)c2C)C(C)C)on1. The van der Waals surface area contributed by atoms with E-state index < -0.39 is 18.1 Å². The van der Waals surface area contributed by atoms with Gasteiger partial charge in [0.05, 0.1) is 50.9 Å². The zero-order valence-electron chi connectivity index (χ0n) is 49.1. The molecule has 3 aliphatic rings. The molecule has 2 aliphatic heterocycles. The number of hydrogen-bond acceptors (Lipinski definition) is 15. The van der Waals surface area contributed by atoms with Gasteiger partial charge in [-0.15, -0.1) is 11.3 Å². The van der Waals surface area contributed by atoms with Gasteiger partial charge in [-0.2, -0.15) is 5.10 Å². The molecule has 1 saturated heterocycles. The molecule has 3 atom stereocenters. The van der Waals surface area contributed by atoms with Crippen LogP contribution in [0.4, 0.5) is 10.9 Å². The molecule has 11 rings (SSSR count). The van der Waals surface area contributed by atoms with E-state index in [9.17, 15) is 24.3 Å². The number of aryl methyl sites for hydroxylation is 2. The molecule has 18 nitrogen and oxygen atoms in total. The molecule has 2 fully saturated rings. The van der Waals surface area contributed by atoms with Gasteiger partial charge in [0, 0.05) is 79.7 Å². The van der Waals surface area contributed by atoms with Gasteiger partial charge in [-0.05, 0) is 118 Å². The van der Waals surface area contributed by atoms with E-state index in [1.807, 2.05) is 99.2 Å². The van der Waals surface area contributed by atoms with Crippen LogP contribution in [0.2, 0.25) is 0 Å². The van der Waals surface area contributed by atoms with Crippen molar-refractivity contribution in [1.82, 2.24) is 45.4 Å². The van der Waals surface area contributed by atoms with Crippen LogP contribution in [0, 0.1) is 32.6 Å². The largest absolute Gasteiger partial charge is 0.493 e. The average Bonchev–Trinajstić information content (AvgIpc) is 3.22. The van der Waals surface area contributed by atoms with Crippen molar-refractivity contribution in [2.75, 3.05) is 36.5 Å². The number of nitrogens with one attached hydrogen (secondary N) is 3. The van der Waals surface area contributed by atoms with Crippen LogP contribution in [0.1, 0.15) is 144 Å². The minimum absolute atomic E-state index is 0.0461. The summed E-state index contributed by atoms with van der Waals surface area (Å²) in [5.74, 6) is 0.429. The molecule has 0 unspecified atom stereocenters. The van der Waals surface area contributed by atoms with Crippen molar-refractivity contribution in [2.24, 2.45) is 11.8 Å². The van der Waals surface area contributed by atoms with Crippen molar-refractivity contribution in [3.63, 3.8) is 0 Å². The standard InChI is InChI=1S/C65H75N11O7S2/c1-39(2)58(55-30-40(3)73-83-55)64(81)75-36-47(77)32-53(75)62(79)67-33-46-23-22-45(60-41(4)68-38-84-60)31-54(46)82-29-14-7-6-13-27-66-63(80)59-48(50-34-69-76(42(50)5)35-43-16-9-8-10-17-43)24-25-57(71-59)74-28-26-44-18-15-19-49(51(44)37-74)61(78)72-65-70-52-20-11-12-21-56(52)85-65/h11-12,15,18-25,30-31,34,38-39,43,47,53,58,77H,6-10,13-14,16-17,26-29,32-33,35-37H2,1-5H3,(H,66,80)(H,67,79)(H,70,72,78)/t47-,53+,58-/m1/s1. The Morgan fingerprint density at radius 1 is 0.882 bits per heavy atom. The van der Waals surface area contributed by atoms with E-state index in [4.69, 9.17) is 19.3 Å². The van der Waals surface area contributed by atoms with Gasteiger partial charge in [0.25, 0.3) is 11.8 Å². The Balaban J connectivity index is 0.730. The number of hydrogen-bond donors (Lipinski definition) is 4. The number of aromatic nitrogens is 6. The first-order valence-electron chi connectivity index (χ1n) is 30.0. The number of β-amino-alcohol motifs (C(OH)–C–C–N with tert-alkyl or cyclic N) is 1. The Labute approximate surface area is 503 Å². The number of nitrogens with zero attached hydrogens (tertiary/aromatic N) is 8. The van der Waals surface area contributed by atoms with Gasteiger partial charge in [-0.1, -0.05) is 98.8 Å². The molecule has 4 amide bonds. The summed E-state index contributed by atoms with van der Waals surface area (Å²) in [6.07, 6.45) is 11.2. The lowest BCUT2D eigenvalue weighted by molar-refractivity contribution is -0.141. The molecule has 7 heterocycles. The number of fused-ring (bicyclic) bond motifs is 2. The second kappa shape index (κ2) is 26.6. The van der Waals surface area contributed by atoms with Crippen LogP contribution in [0.3, 0.4) is 0 Å². The summed E-state index contributed by atoms with van der Waals surface area (Å²) in [7, 11) is 0. The summed E-state index contributed by atoms with van der Waals surface area (Å²) in [6.45, 7) is 12.8. The molecule has 8 aromatic rings. The molecule has 4 N–H and O–H groups in total. The van der Waals surface area contributed by atoms with Gasteiger partial charge in [-0.25, -0.2) is 15.0 Å². The predicted octanol–water partition coefficient (Wildman–Crippen LogP) is 11.4. The zero-order valence-corrected chi connectivity index (χ0v) is 50.7. The number of thiazole rings is 2. The zero-order chi connectivity index (χ0) is 59.1. The van der Waals surface area contributed by atoms with Gasteiger partial charge >= 0.3 is 0 Å². The van der Waals surface area contributed by atoms with E-state index in [-0.39, 0.29) is 49.1 Å². The molecule has 3 aromatic carbocycles. The van der Waals surface area contributed by atoms with E-state index in [1.165, 1.54) is 48.3 Å². The maximum Gasteiger partial charge on any atom is 0.270 e. The molecule has 1 aliphatic carbocycles. The molecule has 1 saturated carbocycles. The smallest absolute Gasteiger partial charge is 0.270 e. The number of aliphatic hydroxyl groups excluding tert-OH is 1. The van der Waals surface area contributed by atoms with Crippen molar-refractivity contribution in [1.29, 1.82) is 0 Å². The average molecular weight is 1190 g/mol. The van der Waals surface area contributed by atoms with Crippen LogP contribution < -0.4 is 25.6 Å². The molecule has 5 aromatic heterocycles. The van der Waals surface area contributed by atoms with Crippen LogP contribution in [0.5, 0.6) is 5.75 Å². The number of benzene rings is 3. The van der Waals surface area contributed by atoms with Crippen molar-refractivity contribution in [2.45, 2.75) is 143 Å². The Morgan fingerprint density at radius 2 is 1.72 bits per heavy atom. The van der Waals surface area contributed by atoms with Crippen LogP contribution in [-0.2, 0) is 35.6 Å².